The number of carbonyl (C=O) groups excluding carboxylic acids is 2. The second-order valence-electron chi connectivity index (χ2n) is 17.2. The Labute approximate surface area is 252 Å². The molecule has 0 radical (unpaired) electrons. The Kier molecular flexibility index (Phi) is 6.70. The Hall–Kier alpha value is -1.34. The summed E-state index contributed by atoms with van der Waals surface area (Å²) in [7, 11) is 0. The zero-order valence-electron chi connectivity index (χ0n) is 26.9. The minimum atomic E-state index is -1.14. The van der Waals surface area contributed by atoms with Crippen molar-refractivity contribution >= 4 is 12.1 Å². The summed E-state index contributed by atoms with van der Waals surface area (Å²) in [5.41, 5.74) is -0.00857. The van der Waals surface area contributed by atoms with Crippen molar-refractivity contribution in [3.63, 3.8) is 0 Å². The molecule has 1 heterocycles. The van der Waals surface area contributed by atoms with E-state index in [0.29, 0.717) is 40.0 Å². The van der Waals surface area contributed by atoms with Gasteiger partial charge in [-0.3, -0.25) is 4.79 Å². The van der Waals surface area contributed by atoms with E-state index in [4.69, 9.17) is 14.2 Å². The van der Waals surface area contributed by atoms with Gasteiger partial charge in [0.05, 0.1) is 17.8 Å². The van der Waals surface area contributed by atoms with Crippen molar-refractivity contribution in [1.29, 1.82) is 0 Å². The van der Waals surface area contributed by atoms with Crippen molar-refractivity contribution in [2.24, 2.45) is 45.3 Å². The third kappa shape index (κ3) is 4.17. The number of amides is 1. The van der Waals surface area contributed by atoms with Gasteiger partial charge >= 0.3 is 12.1 Å². The summed E-state index contributed by atoms with van der Waals surface area (Å²) in [6.45, 7) is 12.2. The van der Waals surface area contributed by atoms with Gasteiger partial charge in [0.2, 0.25) is 0 Å². The highest BCUT2D eigenvalue weighted by Crippen LogP contribution is 2.87. The molecule has 1 saturated heterocycles. The van der Waals surface area contributed by atoms with E-state index in [-0.39, 0.29) is 35.8 Å². The summed E-state index contributed by atoms with van der Waals surface area (Å²) in [5, 5.41) is 14.0. The van der Waals surface area contributed by atoms with E-state index in [1.54, 1.807) is 13.8 Å². The molecule has 7 heteroatoms. The summed E-state index contributed by atoms with van der Waals surface area (Å²) in [4.78, 5) is 24.7. The standard InChI is InChI=1S/C35H55NO6/c1-20(37)40-29(32(4,5)39)25-12-10-23-26(41-25)18-24-22-11-13-27-31(2,3)28(42-30(38)36-21-8-7-9-21)14-15-35(27)19-34(22,35)17-16-33(23,24)6/h21-29,39H,7-19H2,1-6H3,(H,36,38)/t22?,23?,24?,25?,26?,27?,28-,29-,33?,34?,35+/m0/s1. The quantitative estimate of drug-likeness (QED) is 0.356. The van der Waals surface area contributed by atoms with Gasteiger partial charge in [-0.25, -0.2) is 4.79 Å². The Balaban J connectivity index is 1.07. The van der Waals surface area contributed by atoms with Gasteiger partial charge in [0.15, 0.2) is 6.10 Å². The number of ether oxygens (including phenoxy) is 3. The van der Waals surface area contributed by atoms with Crippen LogP contribution in [0, 0.1) is 45.3 Å². The number of aliphatic hydroxyl groups is 1. The number of carbonyl (C=O) groups is 2. The molecule has 0 aromatic carbocycles. The zero-order valence-corrected chi connectivity index (χ0v) is 26.9. The maximum atomic E-state index is 12.8. The third-order valence-electron chi connectivity index (χ3n) is 14.6. The van der Waals surface area contributed by atoms with Gasteiger partial charge in [-0.1, -0.05) is 20.8 Å². The molecule has 7 rings (SSSR count). The Bertz CT molecular complexity index is 1110. The number of alkyl carbamates (subject to hydrolysis) is 1. The van der Waals surface area contributed by atoms with Crippen LogP contribution in [0.25, 0.3) is 0 Å². The van der Waals surface area contributed by atoms with Gasteiger partial charge in [-0.2, -0.15) is 0 Å². The molecule has 7 aliphatic rings. The van der Waals surface area contributed by atoms with Crippen LogP contribution in [0.1, 0.15) is 125 Å². The maximum absolute atomic E-state index is 12.8. The first-order chi connectivity index (χ1) is 19.7. The van der Waals surface area contributed by atoms with E-state index in [9.17, 15) is 14.7 Å². The maximum Gasteiger partial charge on any atom is 0.407 e. The highest BCUT2D eigenvalue weighted by molar-refractivity contribution is 5.68. The zero-order chi connectivity index (χ0) is 29.9. The Morgan fingerprint density at radius 1 is 0.929 bits per heavy atom. The average molecular weight is 586 g/mol. The van der Waals surface area contributed by atoms with Crippen LogP contribution in [-0.2, 0) is 19.0 Å². The molecule has 0 aromatic heterocycles. The molecule has 0 aromatic rings. The van der Waals surface area contributed by atoms with Gasteiger partial charge < -0.3 is 24.6 Å². The smallest absolute Gasteiger partial charge is 0.407 e. The first kappa shape index (κ1) is 29.4. The molecule has 0 bridgehead atoms. The van der Waals surface area contributed by atoms with Crippen molar-refractivity contribution in [2.75, 3.05) is 0 Å². The first-order valence-electron chi connectivity index (χ1n) is 17.2. The lowest BCUT2D eigenvalue weighted by atomic mass is 9.46. The lowest BCUT2D eigenvalue weighted by molar-refractivity contribution is -0.200. The van der Waals surface area contributed by atoms with E-state index < -0.39 is 11.7 Å². The lowest BCUT2D eigenvalue weighted by Gasteiger charge is -2.59. The monoisotopic (exact) mass is 585 g/mol. The average Bonchev–Trinajstić information content (AvgIpc) is 3.46. The second kappa shape index (κ2) is 9.58. The van der Waals surface area contributed by atoms with Crippen molar-refractivity contribution in [3.8, 4) is 0 Å². The van der Waals surface area contributed by atoms with E-state index in [0.717, 1.165) is 44.4 Å². The SMILES string of the molecule is CC(=O)O[C@@H](C1CCC2C(CC3C4CCC5C(C)(C)[C@@H](OC(=O)NC6CCC6)CC[C@@]56CC46CCC23C)O1)C(C)(C)O. The fraction of sp³-hybridized carbons (Fsp3) is 0.943. The largest absolute Gasteiger partial charge is 0.457 e. The van der Waals surface area contributed by atoms with Crippen LogP contribution in [0.15, 0.2) is 0 Å². The predicted octanol–water partition coefficient (Wildman–Crippen LogP) is 6.54. The van der Waals surface area contributed by atoms with Crippen LogP contribution >= 0.6 is 0 Å². The molecular weight excluding hydrogens is 530 g/mol. The van der Waals surface area contributed by atoms with Gasteiger partial charge in [0.1, 0.15) is 6.10 Å². The van der Waals surface area contributed by atoms with Gasteiger partial charge in [0, 0.05) is 18.4 Å². The molecule has 1 amide bonds. The number of esters is 1. The van der Waals surface area contributed by atoms with Crippen LogP contribution in [-0.4, -0.2) is 53.2 Å². The molecule has 7 nitrogen and oxygen atoms in total. The molecule has 236 valence electrons. The molecule has 7 fully saturated rings. The highest BCUT2D eigenvalue weighted by Gasteiger charge is 2.81. The molecule has 11 atom stereocenters. The van der Waals surface area contributed by atoms with E-state index >= 15 is 0 Å². The predicted molar refractivity (Wildman–Crippen MR) is 158 cm³/mol. The fourth-order valence-corrected chi connectivity index (χ4v) is 12.4. The molecule has 2 spiro atoms. The van der Waals surface area contributed by atoms with Gasteiger partial charge in [0.25, 0.3) is 0 Å². The lowest BCUT2D eigenvalue weighted by Crippen LogP contribution is -2.56. The summed E-state index contributed by atoms with van der Waals surface area (Å²) in [6, 6.07) is 0.311. The molecule has 42 heavy (non-hydrogen) atoms. The normalized spacial score (nSPS) is 47.7. The first-order valence-corrected chi connectivity index (χ1v) is 17.2. The summed E-state index contributed by atoms with van der Waals surface area (Å²) in [5.74, 6) is 2.20. The van der Waals surface area contributed by atoms with Crippen molar-refractivity contribution < 1.29 is 28.9 Å². The Morgan fingerprint density at radius 2 is 1.67 bits per heavy atom. The number of fused-ring (bicyclic) bond motifs is 4. The molecule has 6 saturated carbocycles. The van der Waals surface area contributed by atoms with Crippen molar-refractivity contribution in [3.05, 3.63) is 0 Å². The Morgan fingerprint density at radius 3 is 2.33 bits per heavy atom. The minimum Gasteiger partial charge on any atom is -0.457 e. The van der Waals surface area contributed by atoms with E-state index in [2.05, 4.69) is 26.1 Å². The van der Waals surface area contributed by atoms with Crippen LogP contribution < -0.4 is 5.32 Å². The number of hydrogen-bond acceptors (Lipinski definition) is 6. The van der Waals surface area contributed by atoms with Crippen LogP contribution in [0.2, 0.25) is 0 Å². The topological polar surface area (TPSA) is 94.1 Å². The van der Waals surface area contributed by atoms with Crippen LogP contribution in [0.4, 0.5) is 4.79 Å². The van der Waals surface area contributed by atoms with Crippen LogP contribution in [0.3, 0.4) is 0 Å². The summed E-state index contributed by atoms with van der Waals surface area (Å²) in [6.07, 6.45) is 14.1. The summed E-state index contributed by atoms with van der Waals surface area (Å²) < 4.78 is 18.6. The molecule has 2 N–H and O–H groups in total. The highest BCUT2D eigenvalue weighted by atomic mass is 16.6. The number of rotatable bonds is 5. The van der Waals surface area contributed by atoms with Gasteiger partial charge in [-0.15, -0.1) is 0 Å². The molecule has 1 aliphatic heterocycles. The summed E-state index contributed by atoms with van der Waals surface area (Å²) >= 11 is 0. The van der Waals surface area contributed by atoms with Crippen LogP contribution in [0.5, 0.6) is 0 Å². The van der Waals surface area contributed by atoms with Crippen molar-refractivity contribution in [2.45, 2.75) is 161 Å². The number of nitrogens with one attached hydrogen (secondary N) is 1. The number of hydrogen-bond donors (Lipinski definition) is 2. The van der Waals surface area contributed by atoms with E-state index in [1.165, 1.54) is 51.9 Å². The minimum absolute atomic E-state index is 0.00289. The molecule has 8 unspecified atom stereocenters. The van der Waals surface area contributed by atoms with Gasteiger partial charge in [-0.05, 0) is 137 Å². The fourth-order valence-electron chi connectivity index (χ4n) is 12.4. The van der Waals surface area contributed by atoms with Crippen molar-refractivity contribution in [1.82, 2.24) is 5.32 Å². The molecular formula is C35H55NO6. The second-order valence-corrected chi connectivity index (χ2v) is 17.2. The molecule has 6 aliphatic carbocycles. The van der Waals surface area contributed by atoms with E-state index in [1.807, 2.05) is 0 Å². The third-order valence-corrected chi connectivity index (χ3v) is 14.6.